The van der Waals surface area contributed by atoms with Crippen molar-refractivity contribution in [3.63, 3.8) is 0 Å². The molecule has 0 aliphatic carbocycles. The van der Waals surface area contributed by atoms with Crippen molar-refractivity contribution in [2.24, 2.45) is 5.92 Å². The SMILES string of the molecule is CC(C)CNC(=O)C(C)NCc1cccc(F)c1. The molecule has 3 nitrogen and oxygen atoms in total. The van der Waals surface area contributed by atoms with Crippen LogP contribution >= 0.6 is 0 Å². The molecule has 0 fully saturated rings. The lowest BCUT2D eigenvalue weighted by Crippen LogP contribution is -2.42. The highest BCUT2D eigenvalue weighted by Gasteiger charge is 2.11. The van der Waals surface area contributed by atoms with Crippen LogP contribution in [0.5, 0.6) is 0 Å². The molecule has 4 heteroatoms. The van der Waals surface area contributed by atoms with Gasteiger partial charge in [0.1, 0.15) is 5.82 Å². The summed E-state index contributed by atoms with van der Waals surface area (Å²) in [6.45, 7) is 7.05. The van der Waals surface area contributed by atoms with E-state index < -0.39 is 0 Å². The highest BCUT2D eigenvalue weighted by molar-refractivity contribution is 5.81. The Balaban J connectivity index is 2.36. The van der Waals surface area contributed by atoms with Crippen LogP contribution in [0.25, 0.3) is 0 Å². The summed E-state index contributed by atoms with van der Waals surface area (Å²) in [4.78, 5) is 11.7. The number of benzene rings is 1. The fraction of sp³-hybridized carbons (Fsp3) is 0.500. The van der Waals surface area contributed by atoms with Crippen LogP contribution in [0.1, 0.15) is 26.3 Å². The first-order chi connectivity index (χ1) is 8.49. The molecule has 0 aliphatic rings. The van der Waals surface area contributed by atoms with Gasteiger partial charge in [0.25, 0.3) is 0 Å². The Kier molecular flexibility index (Phi) is 5.78. The van der Waals surface area contributed by atoms with Crippen LogP contribution in [-0.4, -0.2) is 18.5 Å². The lowest BCUT2D eigenvalue weighted by atomic mass is 10.2. The van der Waals surface area contributed by atoms with Gasteiger partial charge < -0.3 is 10.6 Å². The van der Waals surface area contributed by atoms with Crippen LogP contribution in [0, 0.1) is 11.7 Å². The van der Waals surface area contributed by atoms with Crippen LogP contribution in [-0.2, 0) is 11.3 Å². The fourth-order valence-corrected chi connectivity index (χ4v) is 1.47. The zero-order valence-corrected chi connectivity index (χ0v) is 11.2. The predicted octanol–water partition coefficient (Wildman–Crippen LogP) is 2.08. The van der Waals surface area contributed by atoms with E-state index in [1.165, 1.54) is 12.1 Å². The first-order valence-electron chi connectivity index (χ1n) is 6.24. The average Bonchev–Trinajstić information content (AvgIpc) is 2.33. The van der Waals surface area contributed by atoms with E-state index in [-0.39, 0.29) is 17.8 Å². The minimum atomic E-state index is -0.285. The highest BCUT2D eigenvalue weighted by atomic mass is 19.1. The summed E-state index contributed by atoms with van der Waals surface area (Å²) < 4.78 is 13.0. The quantitative estimate of drug-likeness (QED) is 0.814. The molecule has 0 aliphatic heterocycles. The van der Waals surface area contributed by atoms with Gasteiger partial charge in [-0.05, 0) is 30.5 Å². The Bertz CT molecular complexity index is 393. The summed E-state index contributed by atoms with van der Waals surface area (Å²) in [6, 6.07) is 6.07. The summed E-state index contributed by atoms with van der Waals surface area (Å²) in [5, 5.41) is 5.92. The van der Waals surface area contributed by atoms with E-state index in [1.807, 2.05) is 19.9 Å². The van der Waals surface area contributed by atoms with Crippen molar-refractivity contribution in [3.05, 3.63) is 35.6 Å². The largest absolute Gasteiger partial charge is 0.354 e. The summed E-state index contributed by atoms with van der Waals surface area (Å²) in [5.74, 6) is 0.149. The third-order valence-corrected chi connectivity index (χ3v) is 2.58. The molecule has 0 saturated carbocycles. The highest BCUT2D eigenvalue weighted by Crippen LogP contribution is 2.03. The molecule has 0 spiro atoms. The monoisotopic (exact) mass is 252 g/mol. The molecule has 0 radical (unpaired) electrons. The number of hydrogen-bond donors (Lipinski definition) is 2. The number of amides is 1. The molecule has 1 aromatic rings. The summed E-state index contributed by atoms with van der Waals surface area (Å²) in [6.07, 6.45) is 0. The third-order valence-electron chi connectivity index (χ3n) is 2.58. The molecular formula is C14H21FN2O. The maximum atomic E-state index is 13.0. The summed E-state index contributed by atoms with van der Waals surface area (Å²) in [5.41, 5.74) is 0.832. The standard InChI is InChI=1S/C14H21FN2O/c1-10(2)8-17-14(18)11(3)16-9-12-5-4-6-13(15)7-12/h4-7,10-11,16H,8-9H2,1-3H3,(H,17,18). The molecule has 1 unspecified atom stereocenters. The molecule has 18 heavy (non-hydrogen) atoms. The van der Waals surface area contributed by atoms with E-state index in [1.54, 1.807) is 13.0 Å². The van der Waals surface area contributed by atoms with Gasteiger partial charge in [0.05, 0.1) is 6.04 Å². The first kappa shape index (κ1) is 14.6. The number of carbonyl (C=O) groups is 1. The van der Waals surface area contributed by atoms with Crippen molar-refractivity contribution in [1.82, 2.24) is 10.6 Å². The van der Waals surface area contributed by atoms with E-state index in [9.17, 15) is 9.18 Å². The molecule has 1 atom stereocenters. The zero-order valence-electron chi connectivity index (χ0n) is 11.2. The van der Waals surface area contributed by atoms with Crippen molar-refractivity contribution in [2.45, 2.75) is 33.4 Å². The summed E-state index contributed by atoms with van der Waals surface area (Å²) >= 11 is 0. The molecular weight excluding hydrogens is 231 g/mol. The molecule has 2 N–H and O–H groups in total. The minimum absolute atomic E-state index is 0.0277. The van der Waals surface area contributed by atoms with Gasteiger partial charge in [0.2, 0.25) is 5.91 Å². The normalized spacial score (nSPS) is 12.5. The van der Waals surface area contributed by atoms with Crippen LogP contribution < -0.4 is 10.6 Å². The molecule has 0 heterocycles. The van der Waals surface area contributed by atoms with Gasteiger partial charge in [-0.3, -0.25) is 4.79 Å². The molecule has 100 valence electrons. The van der Waals surface area contributed by atoms with E-state index in [4.69, 9.17) is 0 Å². The topological polar surface area (TPSA) is 41.1 Å². The number of hydrogen-bond acceptors (Lipinski definition) is 2. The van der Waals surface area contributed by atoms with E-state index in [0.717, 1.165) is 5.56 Å². The Morgan fingerprint density at radius 1 is 1.33 bits per heavy atom. The van der Waals surface area contributed by atoms with Gasteiger partial charge in [0.15, 0.2) is 0 Å². The van der Waals surface area contributed by atoms with Crippen molar-refractivity contribution in [2.75, 3.05) is 6.54 Å². The fourth-order valence-electron chi connectivity index (χ4n) is 1.47. The number of carbonyl (C=O) groups excluding carboxylic acids is 1. The van der Waals surface area contributed by atoms with Gasteiger partial charge in [0, 0.05) is 13.1 Å². The van der Waals surface area contributed by atoms with E-state index in [0.29, 0.717) is 19.0 Å². The smallest absolute Gasteiger partial charge is 0.236 e. The van der Waals surface area contributed by atoms with Crippen LogP contribution in [0.2, 0.25) is 0 Å². The van der Waals surface area contributed by atoms with Crippen LogP contribution in [0.3, 0.4) is 0 Å². The van der Waals surface area contributed by atoms with Crippen molar-refractivity contribution >= 4 is 5.91 Å². The molecule has 1 rings (SSSR count). The predicted molar refractivity (Wildman–Crippen MR) is 70.5 cm³/mol. The van der Waals surface area contributed by atoms with Crippen molar-refractivity contribution in [1.29, 1.82) is 0 Å². The molecule has 0 bridgehead atoms. The van der Waals surface area contributed by atoms with E-state index >= 15 is 0 Å². The Morgan fingerprint density at radius 2 is 2.06 bits per heavy atom. The lowest BCUT2D eigenvalue weighted by molar-refractivity contribution is -0.122. The summed E-state index contributed by atoms with van der Waals surface area (Å²) in [7, 11) is 0. The second-order valence-electron chi connectivity index (χ2n) is 4.87. The maximum absolute atomic E-state index is 13.0. The average molecular weight is 252 g/mol. The Morgan fingerprint density at radius 3 is 2.67 bits per heavy atom. The van der Waals surface area contributed by atoms with Crippen molar-refractivity contribution < 1.29 is 9.18 Å². The van der Waals surface area contributed by atoms with Crippen molar-refractivity contribution in [3.8, 4) is 0 Å². The number of nitrogens with one attached hydrogen (secondary N) is 2. The molecule has 1 amide bonds. The number of halogens is 1. The Labute approximate surface area is 108 Å². The molecule has 0 saturated heterocycles. The lowest BCUT2D eigenvalue weighted by Gasteiger charge is -2.15. The third kappa shape index (κ3) is 5.27. The maximum Gasteiger partial charge on any atom is 0.236 e. The van der Waals surface area contributed by atoms with Gasteiger partial charge in [-0.1, -0.05) is 26.0 Å². The van der Waals surface area contributed by atoms with E-state index in [2.05, 4.69) is 10.6 Å². The van der Waals surface area contributed by atoms with Gasteiger partial charge in [-0.15, -0.1) is 0 Å². The second kappa shape index (κ2) is 7.11. The second-order valence-corrected chi connectivity index (χ2v) is 4.87. The number of rotatable bonds is 6. The van der Waals surface area contributed by atoms with Crippen LogP contribution in [0.15, 0.2) is 24.3 Å². The zero-order chi connectivity index (χ0) is 13.5. The molecule has 1 aromatic carbocycles. The van der Waals surface area contributed by atoms with Gasteiger partial charge >= 0.3 is 0 Å². The molecule has 0 aromatic heterocycles. The Hall–Kier alpha value is -1.42. The van der Waals surface area contributed by atoms with Gasteiger partial charge in [-0.25, -0.2) is 4.39 Å². The van der Waals surface area contributed by atoms with Crippen LogP contribution in [0.4, 0.5) is 4.39 Å². The minimum Gasteiger partial charge on any atom is -0.354 e. The first-order valence-corrected chi connectivity index (χ1v) is 6.24. The van der Waals surface area contributed by atoms with Gasteiger partial charge in [-0.2, -0.15) is 0 Å².